The van der Waals surface area contributed by atoms with Crippen LogP contribution in [0.15, 0.2) is 6.33 Å². The number of carbonyl (C=O) groups is 1. The Labute approximate surface area is 403 Å². The summed E-state index contributed by atoms with van der Waals surface area (Å²) >= 11 is -11.9. The maximum absolute atomic E-state index is 14.4. The smallest absolute Gasteiger partial charge is 0.413 e. The van der Waals surface area contributed by atoms with Gasteiger partial charge in [0, 0.05) is 0 Å². The van der Waals surface area contributed by atoms with Crippen LogP contribution >= 0.6 is 0 Å². The lowest BCUT2D eigenvalue weighted by molar-refractivity contribution is 0.0684. The summed E-state index contributed by atoms with van der Waals surface area (Å²) in [7, 11) is 0. The molecule has 76 heavy (non-hydrogen) atoms. The molecule has 0 saturated carbocycles. The van der Waals surface area contributed by atoms with Crippen LogP contribution in [-0.2, 0) is 0 Å². The molecule has 0 aliphatic rings. The van der Waals surface area contributed by atoms with Crippen molar-refractivity contribution in [2.45, 2.75) is 0 Å². The molecule has 0 unspecified atom stereocenters. The van der Waals surface area contributed by atoms with Crippen molar-refractivity contribution in [2.24, 2.45) is 0 Å². The fourth-order valence-electron chi connectivity index (χ4n) is 6.43. The molecule has 2 N–H and O–H groups in total. The molecule has 0 aliphatic carbocycles. The first kappa shape index (κ1) is 59.8. The van der Waals surface area contributed by atoms with E-state index in [0.29, 0.717) is 0 Å². The maximum Gasteiger partial charge on any atom is 0.413 e. The van der Waals surface area contributed by atoms with Gasteiger partial charge in [-0.25, -0.2) is 141 Å². The van der Waals surface area contributed by atoms with Crippen molar-refractivity contribution < 1.29 is 142 Å². The zero-order valence-corrected chi connectivity index (χ0v) is 36.6. The molecule has 402 valence electrons. The normalized spacial score (nSPS) is 11.1. The lowest BCUT2D eigenvalue weighted by Crippen LogP contribution is -2.60. The number of hydrogen-bond donors (Lipinski definition) is 2. The molecule has 0 bridgehead atoms. The highest BCUT2D eigenvalue weighted by Crippen LogP contribution is 2.26. The summed E-state index contributed by atoms with van der Waals surface area (Å²) in [6.45, 7) is 0. The molecule has 0 amide bonds. The van der Waals surface area contributed by atoms with Crippen LogP contribution in [0, 0.1) is 175 Å². The summed E-state index contributed by atoms with van der Waals surface area (Å²) in [5.74, 6) is -90.4. The Balaban J connectivity index is 0.000000244. The number of nitrogens with one attached hydrogen (secondary N) is 1. The van der Waals surface area contributed by atoms with Gasteiger partial charge in [0.1, 0.15) is 6.33 Å². The molecule has 6 aromatic carbocycles. The van der Waals surface area contributed by atoms with Crippen molar-refractivity contribution in [1.29, 1.82) is 0 Å². The van der Waals surface area contributed by atoms with Crippen molar-refractivity contribution in [3.8, 4) is 0 Å². The minimum atomic E-state index is -5.96. The Morgan fingerprint density at radius 1 is 0.276 bits per heavy atom. The lowest BCUT2D eigenvalue weighted by atomic mass is 10.3. The van der Waals surface area contributed by atoms with Gasteiger partial charge in [-0.3, -0.25) is 5.10 Å². The number of carboxylic acid groups (broad SMARTS) is 1. The average Bonchev–Trinajstić information content (AvgIpc) is 3.95. The summed E-state index contributed by atoms with van der Waals surface area (Å²) in [6.07, 6.45) is 1.14. The topological polar surface area (TPSA) is 78.9 Å². The Hall–Kier alpha value is -7.11. The predicted octanol–water partition coefficient (Wildman–Crippen LogP) is 8.08. The Bertz CT molecular complexity index is 2850. The van der Waals surface area contributed by atoms with Gasteiger partial charge in [0.15, 0.2) is 175 Å². The minimum Gasteiger partial charge on any atom is -0.475 e. The SMILES string of the molecule is Fc1c(F)c(F)[c]([Al]([c]2c(F)c(F)c(F)c(F)c2F)[c]2c(F)c(F)c(F)c(F)c2F)c(F)c1F.Fc1c(F)c(F)[c]([Al]([c]2c(F)c(F)c(F)c(F)c2F)[c]2c(F)c(F)c(F)c(F)c2F)c(F)c1F.O=C(O)c1ncn[nH]1. The molecular weight excluding hydrogens is 1170 g/mol. The van der Waals surface area contributed by atoms with Gasteiger partial charge in [-0.15, -0.1) is 0 Å². The summed E-state index contributed by atoms with van der Waals surface area (Å²) in [5.41, 5.74) is 0. The summed E-state index contributed by atoms with van der Waals surface area (Å²) in [6, 6.07) is 0. The highest BCUT2D eigenvalue weighted by molar-refractivity contribution is 6.96. The third-order valence-electron chi connectivity index (χ3n) is 9.81. The Kier molecular flexibility index (Phi) is 17.5. The molecule has 0 atom stereocenters. The number of carboxylic acids is 1. The monoisotopic (exact) mass is 1170 g/mol. The van der Waals surface area contributed by atoms with Crippen LogP contribution in [0.2, 0.25) is 0 Å². The summed E-state index contributed by atoms with van der Waals surface area (Å²) in [4.78, 5) is 13.3. The Morgan fingerprint density at radius 2 is 0.408 bits per heavy atom. The number of aromatic amines is 1. The molecule has 0 saturated heterocycles. The minimum absolute atomic E-state index is 0.134. The van der Waals surface area contributed by atoms with E-state index >= 15 is 0 Å². The Morgan fingerprint density at radius 3 is 0.500 bits per heavy atom. The van der Waals surface area contributed by atoms with Gasteiger partial charge in [-0.2, -0.15) is 5.10 Å². The van der Waals surface area contributed by atoms with E-state index in [1.54, 1.807) is 0 Å². The highest BCUT2D eigenvalue weighted by atomic mass is 27.2. The third-order valence-corrected chi connectivity index (χ3v) is 16.3. The van der Waals surface area contributed by atoms with Crippen LogP contribution in [0.25, 0.3) is 0 Å². The molecule has 7 rings (SSSR count). The second-order valence-corrected chi connectivity index (χ2v) is 19.1. The lowest BCUT2D eigenvalue weighted by Gasteiger charge is -2.20. The zero-order chi connectivity index (χ0) is 57.9. The molecule has 0 aliphatic heterocycles. The van der Waals surface area contributed by atoms with Crippen LogP contribution in [-0.4, -0.2) is 54.6 Å². The van der Waals surface area contributed by atoms with E-state index in [0.717, 1.165) is 6.33 Å². The molecule has 1 aromatic heterocycles. The standard InChI is InChI=1S/6C6F5.C3H3N3O2.2Al/c6*7-2-1-3(8)5(10)6(11)4(2)9;7-3(8)2-4-1-5-6-2;;/h;;;;;;1H,(H,7,8)(H,4,5,6);;. The van der Waals surface area contributed by atoms with E-state index in [-0.39, 0.29) is 5.82 Å². The fourth-order valence-corrected chi connectivity index (χ4v) is 12.7. The highest BCUT2D eigenvalue weighted by Gasteiger charge is 2.49. The van der Waals surface area contributed by atoms with Crippen molar-refractivity contribution >= 4 is 60.8 Å². The second-order valence-electron chi connectivity index (χ2n) is 13.9. The summed E-state index contributed by atoms with van der Waals surface area (Å²) < 4.78 is 403. The first-order chi connectivity index (χ1) is 35.1. The van der Waals surface area contributed by atoms with Crippen LogP contribution in [0.3, 0.4) is 0 Å². The van der Waals surface area contributed by atoms with Crippen LogP contribution in [0.5, 0.6) is 0 Å². The molecule has 7 aromatic rings. The van der Waals surface area contributed by atoms with Crippen molar-refractivity contribution in [3.63, 3.8) is 0 Å². The van der Waals surface area contributed by atoms with E-state index in [1.165, 1.54) is 0 Å². The van der Waals surface area contributed by atoms with Gasteiger partial charge in [-0.1, -0.05) is 0 Å². The third kappa shape index (κ3) is 9.83. The van der Waals surface area contributed by atoms with E-state index in [2.05, 4.69) is 15.2 Å². The molecule has 0 spiro atoms. The number of rotatable bonds is 7. The van der Waals surface area contributed by atoms with Crippen LogP contribution in [0.1, 0.15) is 10.6 Å². The average molecular weight is 1170 g/mol. The van der Waals surface area contributed by atoms with Gasteiger partial charge < -0.3 is 5.11 Å². The number of halogens is 30. The van der Waals surface area contributed by atoms with Crippen LogP contribution < -0.4 is 26.6 Å². The molecule has 37 heteroatoms. The first-order valence-electron chi connectivity index (χ1n) is 18.3. The van der Waals surface area contributed by atoms with Gasteiger partial charge in [-0.05, 0) is 26.6 Å². The van der Waals surface area contributed by atoms with Crippen molar-refractivity contribution in [2.75, 3.05) is 0 Å². The quantitative estimate of drug-likeness (QED) is 0.0733. The molecule has 0 radical (unpaired) electrons. The number of aromatic nitrogens is 3. The van der Waals surface area contributed by atoms with Crippen molar-refractivity contribution in [3.05, 3.63) is 187 Å². The fraction of sp³-hybridized carbons (Fsp3) is 0. The largest absolute Gasteiger partial charge is 0.475 e. The molecular formula is C39H3Al2F30N3O2. The number of hydrogen-bond acceptors (Lipinski definition) is 3. The van der Waals surface area contributed by atoms with E-state index < -0.39 is 235 Å². The van der Waals surface area contributed by atoms with E-state index in [4.69, 9.17) is 5.11 Å². The van der Waals surface area contributed by atoms with Gasteiger partial charge in [0.2, 0.25) is 5.82 Å². The zero-order valence-electron chi connectivity index (χ0n) is 34.3. The number of H-pyrrole nitrogens is 1. The van der Waals surface area contributed by atoms with Gasteiger partial charge in [0.05, 0.1) is 0 Å². The van der Waals surface area contributed by atoms with Crippen molar-refractivity contribution in [1.82, 2.24) is 15.2 Å². The van der Waals surface area contributed by atoms with E-state index in [1.807, 2.05) is 0 Å². The second kappa shape index (κ2) is 22.2. The van der Waals surface area contributed by atoms with Gasteiger partial charge in [0.25, 0.3) is 0 Å². The van der Waals surface area contributed by atoms with Gasteiger partial charge >= 0.3 is 34.3 Å². The maximum atomic E-state index is 14.4. The van der Waals surface area contributed by atoms with E-state index in [9.17, 15) is 137 Å². The van der Waals surface area contributed by atoms with Crippen LogP contribution in [0.4, 0.5) is 132 Å². The molecule has 0 fully saturated rings. The number of benzene rings is 6. The summed E-state index contributed by atoms with van der Waals surface area (Å²) in [5, 5.41) is 13.6. The number of aromatic carboxylic acids is 1. The predicted molar refractivity (Wildman–Crippen MR) is 190 cm³/mol. The molecule has 1 heterocycles. The molecule has 5 nitrogen and oxygen atoms in total. The first-order valence-corrected chi connectivity index (χ1v) is 21.8. The number of nitrogens with zero attached hydrogens (tertiary/aromatic N) is 2.